The number of hydrogen-bond acceptors (Lipinski definition) is 4. The van der Waals surface area contributed by atoms with E-state index in [9.17, 15) is 18.0 Å². The molecule has 3 aromatic carbocycles. The summed E-state index contributed by atoms with van der Waals surface area (Å²) < 4.78 is 30.0. The molecule has 40 heavy (non-hydrogen) atoms. The van der Waals surface area contributed by atoms with Crippen LogP contribution in [0.3, 0.4) is 0 Å². The third-order valence-electron chi connectivity index (χ3n) is 6.79. The lowest BCUT2D eigenvalue weighted by Gasteiger charge is -2.32. The fraction of sp³-hybridized carbons (Fsp3) is 0.355. The highest BCUT2D eigenvalue weighted by Gasteiger charge is 2.33. The maximum atomic E-state index is 14.0. The molecule has 0 aliphatic rings. The maximum Gasteiger partial charge on any atom is 0.264 e. The average Bonchev–Trinajstić information content (AvgIpc) is 2.89. The Hall–Kier alpha value is -3.17. The minimum Gasteiger partial charge on any atom is -0.352 e. The summed E-state index contributed by atoms with van der Waals surface area (Å²) in [5, 5.41) is 2.95. The molecule has 9 heteroatoms. The van der Waals surface area contributed by atoms with Gasteiger partial charge in [-0.05, 0) is 94.1 Å². The van der Waals surface area contributed by atoms with Gasteiger partial charge in [0.05, 0.1) is 10.6 Å². The van der Waals surface area contributed by atoms with Crippen LogP contribution in [-0.4, -0.2) is 43.8 Å². The largest absolute Gasteiger partial charge is 0.352 e. The first-order chi connectivity index (χ1) is 18.8. The lowest BCUT2D eigenvalue weighted by molar-refractivity contribution is -0.139. The van der Waals surface area contributed by atoms with E-state index >= 15 is 0 Å². The van der Waals surface area contributed by atoms with Crippen molar-refractivity contribution in [1.82, 2.24) is 10.2 Å². The van der Waals surface area contributed by atoms with Crippen LogP contribution in [0.4, 0.5) is 5.69 Å². The number of nitrogens with zero attached hydrogens (tertiary/aromatic N) is 2. The zero-order chi connectivity index (χ0) is 29.6. The summed E-state index contributed by atoms with van der Waals surface area (Å²) in [7, 11) is -4.10. The Morgan fingerprint density at radius 1 is 0.900 bits per heavy atom. The van der Waals surface area contributed by atoms with E-state index in [-0.39, 0.29) is 23.4 Å². The molecule has 0 saturated heterocycles. The van der Waals surface area contributed by atoms with E-state index in [0.717, 1.165) is 37.5 Å². The zero-order valence-electron chi connectivity index (χ0n) is 23.9. The van der Waals surface area contributed by atoms with E-state index < -0.39 is 28.5 Å². The second kappa shape index (κ2) is 13.5. The smallest absolute Gasteiger partial charge is 0.264 e. The fourth-order valence-electron chi connectivity index (χ4n) is 4.34. The van der Waals surface area contributed by atoms with Gasteiger partial charge < -0.3 is 10.2 Å². The lowest BCUT2D eigenvalue weighted by atomic mass is 10.1. The summed E-state index contributed by atoms with van der Waals surface area (Å²) in [5.74, 6) is -0.779. The fourth-order valence-corrected chi connectivity index (χ4v) is 6.19. The van der Waals surface area contributed by atoms with Crippen molar-refractivity contribution < 1.29 is 18.0 Å². The number of benzene rings is 3. The summed E-state index contributed by atoms with van der Waals surface area (Å²) in [5.41, 5.74) is 3.88. The Labute approximate surface area is 246 Å². The number of halogens is 1. The molecule has 0 bridgehead atoms. The predicted octanol–water partition coefficient (Wildman–Crippen LogP) is 5.90. The Bertz CT molecular complexity index is 1440. The summed E-state index contributed by atoms with van der Waals surface area (Å²) in [4.78, 5) is 28.7. The number of hydrogen-bond donors (Lipinski definition) is 1. The van der Waals surface area contributed by atoms with Gasteiger partial charge in [-0.25, -0.2) is 8.42 Å². The Kier molecular flexibility index (Phi) is 10.6. The van der Waals surface area contributed by atoms with Crippen LogP contribution in [0.15, 0.2) is 76.1 Å². The second-order valence-corrected chi connectivity index (χ2v) is 13.1. The molecule has 0 aliphatic carbocycles. The van der Waals surface area contributed by atoms with E-state index in [1.165, 1.54) is 4.90 Å². The van der Waals surface area contributed by atoms with E-state index in [2.05, 4.69) is 21.2 Å². The van der Waals surface area contributed by atoms with Crippen molar-refractivity contribution in [1.29, 1.82) is 0 Å². The molecular weight excluding hydrogens is 590 g/mol. The number of nitrogens with one attached hydrogen (secondary N) is 1. The highest BCUT2D eigenvalue weighted by Crippen LogP contribution is 2.27. The van der Waals surface area contributed by atoms with Gasteiger partial charge in [-0.3, -0.25) is 13.9 Å². The van der Waals surface area contributed by atoms with Crippen LogP contribution >= 0.6 is 15.9 Å². The highest BCUT2D eigenvalue weighted by atomic mass is 79.9. The van der Waals surface area contributed by atoms with Gasteiger partial charge in [0.25, 0.3) is 10.0 Å². The second-order valence-electron chi connectivity index (χ2n) is 10.3. The van der Waals surface area contributed by atoms with Crippen molar-refractivity contribution in [2.24, 2.45) is 0 Å². The van der Waals surface area contributed by atoms with Gasteiger partial charge in [0.15, 0.2) is 0 Å². The molecule has 7 nitrogen and oxygen atoms in total. The molecule has 214 valence electrons. The van der Waals surface area contributed by atoms with Crippen molar-refractivity contribution in [2.75, 3.05) is 10.8 Å². The van der Waals surface area contributed by atoms with Crippen LogP contribution < -0.4 is 9.62 Å². The van der Waals surface area contributed by atoms with Gasteiger partial charge in [-0.1, -0.05) is 58.7 Å². The number of aryl methyl sites for hydroxylation is 3. The van der Waals surface area contributed by atoms with Crippen molar-refractivity contribution >= 4 is 43.5 Å². The Morgan fingerprint density at radius 2 is 1.52 bits per heavy atom. The molecule has 3 aromatic rings. The van der Waals surface area contributed by atoms with Gasteiger partial charge >= 0.3 is 0 Å². The highest BCUT2D eigenvalue weighted by molar-refractivity contribution is 9.10. The normalized spacial score (nSPS) is 12.9. The van der Waals surface area contributed by atoms with Crippen LogP contribution in [0.1, 0.15) is 49.4 Å². The van der Waals surface area contributed by atoms with Crippen molar-refractivity contribution in [2.45, 2.75) is 71.5 Å². The molecule has 0 unspecified atom stereocenters. The number of carbonyl (C=O) groups is 2. The molecule has 0 aliphatic heterocycles. The van der Waals surface area contributed by atoms with Crippen LogP contribution in [0.2, 0.25) is 0 Å². The van der Waals surface area contributed by atoms with Crippen LogP contribution in [0, 0.1) is 20.8 Å². The van der Waals surface area contributed by atoms with E-state index in [0.29, 0.717) is 5.69 Å². The quantitative estimate of drug-likeness (QED) is 0.287. The molecule has 2 atom stereocenters. The third kappa shape index (κ3) is 7.95. The summed E-state index contributed by atoms with van der Waals surface area (Å²) in [6, 6.07) is 18.6. The molecule has 2 amide bonds. The molecule has 0 aromatic heterocycles. The van der Waals surface area contributed by atoms with Crippen molar-refractivity contribution in [3.05, 3.63) is 93.5 Å². The minimum absolute atomic E-state index is 0.0635. The van der Waals surface area contributed by atoms with E-state index in [1.807, 2.05) is 65.0 Å². The number of amides is 2. The first-order valence-corrected chi connectivity index (χ1v) is 15.6. The number of rotatable bonds is 11. The van der Waals surface area contributed by atoms with E-state index in [1.54, 1.807) is 43.3 Å². The summed E-state index contributed by atoms with van der Waals surface area (Å²) >= 11 is 3.47. The van der Waals surface area contributed by atoms with Crippen LogP contribution in [-0.2, 0) is 26.2 Å². The first kappa shape index (κ1) is 31.4. The molecule has 0 saturated carbocycles. The third-order valence-corrected chi connectivity index (χ3v) is 9.07. The van der Waals surface area contributed by atoms with Crippen molar-refractivity contribution in [3.63, 3.8) is 0 Å². The van der Waals surface area contributed by atoms with Gasteiger partial charge in [-0.2, -0.15) is 0 Å². The van der Waals surface area contributed by atoms with Crippen LogP contribution in [0.25, 0.3) is 0 Å². The monoisotopic (exact) mass is 627 g/mol. The van der Waals surface area contributed by atoms with Gasteiger partial charge in [-0.15, -0.1) is 0 Å². The summed E-state index contributed by atoms with van der Waals surface area (Å²) in [6.45, 7) is 10.9. The topological polar surface area (TPSA) is 86.8 Å². The van der Waals surface area contributed by atoms with Gasteiger partial charge in [0, 0.05) is 17.1 Å². The number of carbonyl (C=O) groups excluding carboxylic acids is 2. The van der Waals surface area contributed by atoms with Gasteiger partial charge in [0.2, 0.25) is 11.8 Å². The molecule has 0 heterocycles. The standard InChI is InChI=1S/C31H38BrN3O4S/c1-7-24(5)33-31(37)25(6)34(19-26-9-8-10-27(32)18-26)30(36)20-35(28-16-22(3)15-23(4)17-28)40(38,39)29-13-11-21(2)12-14-29/h8-18,24-25H,7,19-20H2,1-6H3,(H,33,37)/t24-,25-/m1/s1. The molecule has 0 fully saturated rings. The minimum atomic E-state index is -4.10. The molecule has 3 rings (SSSR count). The molecule has 0 spiro atoms. The first-order valence-electron chi connectivity index (χ1n) is 13.3. The van der Waals surface area contributed by atoms with E-state index in [4.69, 9.17) is 0 Å². The van der Waals surface area contributed by atoms with Crippen LogP contribution in [0.5, 0.6) is 0 Å². The summed E-state index contributed by atoms with van der Waals surface area (Å²) in [6.07, 6.45) is 0.743. The SMILES string of the molecule is CC[C@@H](C)NC(=O)[C@@H](C)N(Cc1cccc(Br)c1)C(=O)CN(c1cc(C)cc(C)c1)S(=O)(=O)c1ccc(C)cc1. The van der Waals surface area contributed by atoms with Gasteiger partial charge in [0.1, 0.15) is 12.6 Å². The average molecular weight is 629 g/mol. The lowest BCUT2D eigenvalue weighted by Crippen LogP contribution is -2.52. The predicted molar refractivity (Wildman–Crippen MR) is 164 cm³/mol. The molecular formula is C31H38BrN3O4S. The molecule has 1 N–H and O–H groups in total. The van der Waals surface area contributed by atoms with Crippen molar-refractivity contribution in [3.8, 4) is 0 Å². The Balaban J connectivity index is 2.06. The molecule has 0 radical (unpaired) electrons. The number of sulfonamides is 1. The number of anilines is 1. The maximum absolute atomic E-state index is 14.0. The Morgan fingerprint density at radius 3 is 2.10 bits per heavy atom. The zero-order valence-corrected chi connectivity index (χ0v) is 26.3.